The van der Waals surface area contributed by atoms with E-state index in [0.717, 1.165) is 37.0 Å². The van der Waals surface area contributed by atoms with Crippen molar-refractivity contribution in [1.29, 1.82) is 0 Å². The van der Waals surface area contributed by atoms with Gasteiger partial charge in [-0.25, -0.2) is 4.39 Å². The molecule has 1 saturated carbocycles. The highest BCUT2D eigenvalue weighted by atomic mass is 35.5. The van der Waals surface area contributed by atoms with Gasteiger partial charge in [-0.2, -0.15) is 0 Å². The third-order valence-electron chi connectivity index (χ3n) is 4.08. The van der Waals surface area contributed by atoms with Gasteiger partial charge in [0.2, 0.25) is 0 Å². The molecule has 1 aliphatic carbocycles. The number of hydrogen-bond acceptors (Lipinski definition) is 1. The predicted octanol–water partition coefficient (Wildman–Crippen LogP) is 4.32. The molecule has 1 fully saturated rings. The summed E-state index contributed by atoms with van der Waals surface area (Å²) in [4.78, 5) is 0. The minimum absolute atomic E-state index is 0.170. The zero-order valence-corrected chi connectivity index (χ0v) is 11.1. The van der Waals surface area contributed by atoms with E-state index in [4.69, 9.17) is 16.3 Å². The Labute approximate surface area is 112 Å². The number of rotatable bonds is 2. The average molecular weight is 269 g/mol. The highest BCUT2D eigenvalue weighted by Crippen LogP contribution is 2.36. The molecule has 3 heteroatoms. The molecule has 1 aromatic carbocycles. The van der Waals surface area contributed by atoms with Gasteiger partial charge in [-0.1, -0.05) is 12.8 Å². The zero-order chi connectivity index (χ0) is 12.5. The molecule has 0 radical (unpaired) electrons. The Morgan fingerprint density at radius 2 is 2.22 bits per heavy atom. The van der Waals surface area contributed by atoms with Gasteiger partial charge in [-0.3, -0.25) is 0 Å². The van der Waals surface area contributed by atoms with Crippen LogP contribution in [0.4, 0.5) is 4.39 Å². The van der Waals surface area contributed by atoms with E-state index in [1.54, 1.807) is 12.1 Å². The molecule has 0 bridgehead atoms. The quantitative estimate of drug-likeness (QED) is 0.726. The van der Waals surface area contributed by atoms with E-state index in [1.165, 1.54) is 18.9 Å². The number of hydrogen-bond donors (Lipinski definition) is 0. The molecule has 0 aromatic heterocycles. The average Bonchev–Trinajstić information content (AvgIpc) is 2.70. The van der Waals surface area contributed by atoms with Crippen molar-refractivity contribution in [2.75, 3.05) is 0 Å². The maximum absolute atomic E-state index is 13.1. The lowest BCUT2D eigenvalue weighted by Gasteiger charge is -2.27. The summed E-state index contributed by atoms with van der Waals surface area (Å²) in [5, 5.41) is 0.338. The fraction of sp³-hybridized carbons (Fsp3) is 0.600. The van der Waals surface area contributed by atoms with E-state index in [2.05, 4.69) is 0 Å². The van der Waals surface area contributed by atoms with Crippen molar-refractivity contribution in [3.8, 4) is 5.75 Å². The highest BCUT2D eigenvalue weighted by molar-refractivity contribution is 6.20. The van der Waals surface area contributed by atoms with Crippen molar-refractivity contribution >= 4 is 11.6 Å². The number of ether oxygens (including phenoxy) is 1. The van der Waals surface area contributed by atoms with Gasteiger partial charge < -0.3 is 4.74 Å². The first-order valence-electron chi connectivity index (χ1n) is 6.80. The molecule has 98 valence electrons. The van der Waals surface area contributed by atoms with Crippen LogP contribution >= 0.6 is 11.6 Å². The van der Waals surface area contributed by atoms with Gasteiger partial charge >= 0.3 is 0 Å². The summed E-state index contributed by atoms with van der Waals surface area (Å²) < 4.78 is 19.0. The second-order valence-corrected chi connectivity index (χ2v) is 6.18. The first-order valence-corrected chi connectivity index (χ1v) is 7.23. The van der Waals surface area contributed by atoms with Crippen LogP contribution in [0.25, 0.3) is 0 Å². The van der Waals surface area contributed by atoms with Crippen molar-refractivity contribution in [3.05, 3.63) is 29.6 Å². The van der Waals surface area contributed by atoms with Crippen LogP contribution in [-0.4, -0.2) is 11.5 Å². The maximum atomic E-state index is 13.1. The van der Waals surface area contributed by atoms with Crippen molar-refractivity contribution in [1.82, 2.24) is 0 Å². The van der Waals surface area contributed by atoms with Crippen LogP contribution in [0.2, 0.25) is 0 Å². The summed E-state index contributed by atoms with van der Waals surface area (Å²) in [6, 6.07) is 4.81. The van der Waals surface area contributed by atoms with E-state index >= 15 is 0 Å². The molecule has 1 heterocycles. The monoisotopic (exact) mass is 268 g/mol. The smallest absolute Gasteiger partial charge is 0.123 e. The van der Waals surface area contributed by atoms with Crippen molar-refractivity contribution in [2.45, 2.75) is 50.0 Å². The molecule has 18 heavy (non-hydrogen) atoms. The minimum atomic E-state index is -0.170. The van der Waals surface area contributed by atoms with Gasteiger partial charge in [-0.05, 0) is 43.4 Å². The molecule has 1 aliphatic heterocycles. The van der Waals surface area contributed by atoms with Crippen molar-refractivity contribution < 1.29 is 9.13 Å². The van der Waals surface area contributed by atoms with Crippen LogP contribution in [0.15, 0.2) is 18.2 Å². The number of alkyl halides is 1. The number of halogens is 2. The normalized spacial score (nSPS) is 30.9. The third-order valence-corrected chi connectivity index (χ3v) is 4.48. The van der Waals surface area contributed by atoms with E-state index in [1.807, 2.05) is 0 Å². The Kier molecular flexibility index (Phi) is 3.47. The molecule has 1 aromatic rings. The van der Waals surface area contributed by atoms with Gasteiger partial charge in [0.05, 0.1) is 0 Å². The largest absolute Gasteiger partial charge is 0.490 e. The van der Waals surface area contributed by atoms with Gasteiger partial charge in [-0.15, -0.1) is 11.6 Å². The Morgan fingerprint density at radius 3 is 3.06 bits per heavy atom. The SMILES string of the molecule is Fc1ccc2c(c1)CC(CC1CCCC(Cl)C1)O2. The zero-order valence-electron chi connectivity index (χ0n) is 10.4. The summed E-state index contributed by atoms with van der Waals surface area (Å²) in [5.74, 6) is 1.36. The van der Waals surface area contributed by atoms with Gasteiger partial charge in [0.25, 0.3) is 0 Å². The van der Waals surface area contributed by atoms with Crippen molar-refractivity contribution in [2.24, 2.45) is 5.92 Å². The van der Waals surface area contributed by atoms with Gasteiger partial charge in [0.15, 0.2) is 0 Å². The first-order chi connectivity index (χ1) is 8.70. The lowest BCUT2D eigenvalue weighted by molar-refractivity contribution is 0.176. The van der Waals surface area contributed by atoms with Crippen LogP contribution in [0.5, 0.6) is 5.75 Å². The van der Waals surface area contributed by atoms with Crippen molar-refractivity contribution in [3.63, 3.8) is 0 Å². The lowest BCUT2D eigenvalue weighted by Crippen LogP contribution is -2.23. The number of fused-ring (bicyclic) bond motifs is 1. The minimum Gasteiger partial charge on any atom is -0.490 e. The van der Waals surface area contributed by atoms with E-state index in [-0.39, 0.29) is 11.9 Å². The molecule has 0 N–H and O–H groups in total. The summed E-state index contributed by atoms with van der Waals surface area (Å²) in [6.07, 6.45) is 6.85. The second kappa shape index (κ2) is 5.08. The Morgan fingerprint density at radius 1 is 1.33 bits per heavy atom. The van der Waals surface area contributed by atoms with Crippen LogP contribution in [0.3, 0.4) is 0 Å². The standard InChI is InChI=1S/C15H18ClFO/c16-12-3-1-2-10(6-12)7-14-9-11-8-13(17)4-5-15(11)18-14/h4-5,8,10,12,14H,1-3,6-7,9H2. The molecule has 0 saturated heterocycles. The van der Waals surface area contributed by atoms with Crippen LogP contribution in [0, 0.1) is 11.7 Å². The summed E-state index contributed by atoms with van der Waals surface area (Å²) in [7, 11) is 0. The lowest BCUT2D eigenvalue weighted by atomic mass is 9.84. The topological polar surface area (TPSA) is 9.23 Å². The molecule has 2 aliphatic rings. The fourth-order valence-electron chi connectivity index (χ4n) is 3.23. The molecule has 3 unspecified atom stereocenters. The first kappa shape index (κ1) is 12.3. The Hall–Kier alpha value is -0.760. The summed E-state index contributed by atoms with van der Waals surface area (Å²) in [5.41, 5.74) is 1.01. The van der Waals surface area contributed by atoms with Crippen LogP contribution < -0.4 is 4.74 Å². The highest BCUT2D eigenvalue weighted by Gasteiger charge is 2.28. The molecule has 3 atom stereocenters. The Bertz CT molecular complexity index is 435. The Balaban J connectivity index is 1.60. The van der Waals surface area contributed by atoms with E-state index in [9.17, 15) is 4.39 Å². The molecular weight excluding hydrogens is 251 g/mol. The van der Waals surface area contributed by atoms with Crippen LogP contribution in [-0.2, 0) is 6.42 Å². The molecule has 1 nitrogen and oxygen atoms in total. The summed E-state index contributed by atoms with van der Waals surface area (Å²) >= 11 is 6.22. The van der Waals surface area contributed by atoms with Gasteiger partial charge in [0.1, 0.15) is 17.7 Å². The third kappa shape index (κ3) is 2.64. The van der Waals surface area contributed by atoms with Crippen LogP contribution in [0.1, 0.15) is 37.7 Å². The van der Waals surface area contributed by atoms with E-state index < -0.39 is 0 Å². The van der Waals surface area contributed by atoms with Gasteiger partial charge in [0, 0.05) is 17.4 Å². The second-order valence-electron chi connectivity index (χ2n) is 5.56. The fourth-order valence-corrected chi connectivity index (χ4v) is 3.64. The molecular formula is C15H18ClFO. The van der Waals surface area contributed by atoms with E-state index in [0.29, 0.717) is 11.3 Å². The molecule has 3 rings (SSSR count). The molecule has 0 amide bonds. The number of benzene rings is 1. The summed E-state index contributed by atoms with van der Waals surface area (Å²) in [6.45, 7) is 0. The maximum Gasteiger partial charge on any atom is 0.123 e. The molecule has 0 spiro atoms. The predicted molar refractivity (Wildman–Crippen MR) is 70.7 cm³/mol.